The third kappa shape index (κ3) is 4.07. The molecule has 0 unspecified atom stereocenters. The van der Waals surface area contributed by atoms with Gasteiger partial charge in [0.2, 0.25) is 11.8 Å². The van der Waals surface area contributed by atoms with Crippen LogP contribution in [0.15, 0.2) is 12.2 Å². The van der Waals surface area contributed by atoms with Gasteiger partial charge in [0.15, 0.2) is 6.61 Å². The van der Waals surface area contributed by atoms with Crippen LogP contribution < -0.4 is 5.32 Å². The van der Waals surface area contributed by atoms with Crippen LogP contribution in [-0.2, 0) is 35.1 Å². The van der Waals surface area contributed by atoms with Crippen molar-refractivity contribution in [2.24, 2.45) is 23.7 Å². The predicted molar refractivity (Wildman–Crippen MR) is 118 cm³/mol. The molecule has 2 fully saturated rings. The van der Waals surface area contributed by atoms with Gasteiger partial charge in [-0.05, 0) is 44.1 Å². The number of nitrogens with one attached hydrogen (secondary N) is 1. The fraction of sp³-hybridized carbons (Fsp3) is 0.522. The highest BCUT2D eigenvalue weighted by molar-refractivity contribution is 7.16. The van der Waals surface area contributed by atoms with Crippen molar-refractivity contribution in [3.63, 3.8) is 0 Å². The Morgan fingerprint density at radius 1 is 1.09 bits per heavy atom. The van der Waals surface area contributed by atoms with E-state index < -0.39 is 31.0 Å². The molecule has 9 nitrogen and oxygen atoms in total. The Bertz CT molecular complexity index is 1030. The third-order valence-corrected chi connectivity index (χ3v) is 7.57. The molecule has 0 spiro atoms. The van der Waals surface area contributed by atoms with E-state index in [2.05, 4.69) is 5.32 Å². The molecule has 0 radical (unpaired) electrons. The summed E-state index contributed by atoms with van der Waals surface area (Å²) in [5.74, 6) is -3.35. The second-order valence-electron chi connectivity index (χ2n) is 8.39. The Hall–Kier alpha value is -3.01. The number of anilines is 1. The molecule has 1 saturated heterocycles. The fourth-order valence-corrected chi connectivity index (χ4v) is 6.26. The van der Waals surface area contributed by atoms with Crippen LogP contribution in [0.3, 0.4) is 0 Å². The number of hydrogen-bond acceptors (Lipinski definition) is 8. The van der Waals surface area contributed by atoms with Crippen molar-refractivity contribution < 1.29 is 33.4 Å². The Morgan fingerprint density at radius 2 is 1.73 bits per heavy atom. The van der Waals surface area contributed by atoms with Gasteiger partial charge >= 0.3 is 11.9 Å². The van der Waals surface area contributed by atoms with Gasteiger partial charge in [0.1, 0.15) is 11.5 Å². The summed E-state index contributed by atoms with van der Waals surface area (Å²) in [6.45, 7) is 4.55. The molecule has 3 aliphatic rings. The zero-order valence-corrected chi connectivity index (χ0v) is 19.5. The maximum Gasteiger partial charge on any atom is 0.341 e. The van der Waals surface area contributed by atoms with Crippen LogP contribution in [0.4, 0.5) is 5.00 Å². The molecule has 1 aliphatic heterocycles. The number of fused-ring (bicyclic) bond motifs is 5. The third-order valence-electron chi connectivity index (χ3n) is 6.51. The number of carbonyl (C=O) groups is 5. The van der Waals surface area contributed by atoms with E-state index in [1.807, 2.05) is 26.0 Å². The number of ether oxygens (including phenoxy) is 2. The van der Waals surface area contributed by atoms with Crippen molar-refractivity contribution in [2.45, 2.75) is 33.6 Å². The minimum absolute atomic E-state index is 0.0547. The lowest BCUT2D eigenvalue weighted by Crippen LogP contribution is -2.38. The molecule has 176 valence electrons. The van der Waals surface area contributed by atoms with E-state index in [1.165, 1.54) is 11.3 Å². The van der Waals surface area contributed by atoms with Gasteiger partial charge in [-0.1, -0.05) is 19.1 Å². The van der Waals surface area contributed by atoms with Crippen LogP contribution in [0.5, 0.6) is 0 Å². The number of allylic oxidation sites excluding steroid dienone is 2. The molecular formula is C23H26N2O7S. The highest BCUT2D eigenvalue weighted by atomic mass is 32.1. The monoisotopic (exact) mass is 474 g/mol. The molecule has 1 N–H and O–H groups in total. The maximum absolute atomic E-state index is 12.7. The van der Waals surface area contributed by atoms with E-state index in [0.29, 0.717) is 17.0 Å². The Kier molecular flexibility index (Phi) is 6.38. The van der Waals surface area contributed by atoms with E-state index in [1.54, 1.807) is 6.92 Å². The molecule has 4 rings (SSSR count). The number of esters is 2. The second kappa shape index (κ2) is 9.09. The summed E-state index contributed by atoms with van der Waals surface area (Å²) in [5, 5.41) is 2.95. The quantitative estimate of drug-likeness (QED) is 0.348. The second-order valence-corrected chi connectivity index (χ2v) is 9.61. The molecule has 2 heterocycles. The summed E-state index contributed by atoms with van der Waals surface area (Å²) in [6, 6.07) is 0. The highest BCUT2D eigenvalue weighted by Gasteiger charge is 2.59. The average Bonchev–Trinajstić information content (AvgIpc) is 3.51. The van der Waals surface area contributed by atoms with Crippen molar-refractivity contribution in [1.29, 1.82) is 0 Å². The minimum Gasteiger partial charge on any atom is -0.462 e. The van der Waals surface area contributed by atoms with Crippen LogP contribution in [0, 0.1) is 30.6 Å². The lowest BCUT2D eigenvalue weighted by Gasteiger charge is -2.16. The number of aryl methyl sites for hydroxylation is 1. The Labute approximate surface area is 195 Å². The summed E-state index contributed by atoms with van der Waals surface area (Å²) in [5.41, 5.74) is 1.11. The molecule has 1 aromatic rings. The first-order valence-corrected chi connectivity index (χ1v) is 11.9. The summed E-state index contributed by atoms with van der Waals surface area (Å²) < 4.78 is 10.1. The molecule has 0 aromatic carbocycles. The van der Waals surface area contributed by atoms with E-state index in [4.69, 9.17) is 9.47 Å². The number of amides is 3. The number of nitrogens with zero attached hydrogens (tertiary/aromatic N) is 1. The summed E-state index contributed by atoms with van der Waals surface area (Å²) in [4.78, 5) is 64.2. The van der Waals surface area contributed by atoms with Crippen LogP contribution >= 0.6 is 11.3 Å². The first kappa shape index (κ1) is 23.2. The number of hydrogen-bond donors (Lipinski definition) is 1. The Balaban J connectivity index is 1.34. The van der Waals surface area contributed by atoms with Gasteiger partial charge in [-0.25, -0.2) is 4.79 Å². The predicted octanol–water partition coefficient (Wildman–Crippen LogP) is 2.08. The Morgan fingerprint density at radius 3 is 2.30 bits per heavy atom. The maximum atomic E-state index is 12.7. The molecule has 2 bridgehead atoms. The van der Waals surface area contributed by atoms with Crippen molar-refractivity contribution in [1.82, 2.24) is 4.90 Å². The van der Waals surface area contributed by atoms with Crippen LogP contribution in [0.1, 0.15) is 41.1 Å². The van der Waals surface area contributed by atoms with E-state index in [0.717, 1.165) is 21.8 Å². The topological polar surface area (TPSA) is 119 Å². The zero-order valence-electron chi connectivity index (χ0n) is 18.7. The molecule has 3 amide bonds. The number of likely N-dealkylation sites (tertiary alicyclic amines) is 1. The number of rotatable bonds is 8. The zero-order chi connectivity index (χ0) is 23.9. The van der Waals surface area contributed by atoms with Crippen LogP contribution in [-0.4, -0.2) is 54.3 Å². The molecular weight excluding hydrogens is 448 g/mol. The van der Waals surface area contributed by atoms with Crippen molar-refractivity contribution in [3.05, 3.63) is 28.2 Å². The highest BCUT2D eigenvalue weighted by Crippen LogP contribution is 2.52. The standard InChI is InChI=1S/C23H26N2O7S/c1-4-14-11(3)33-20(19(14)23(30)31-5-2)24-15(26)10-32-16(27)9-25-21(28)17-12-6-7-13(8-12)18(17)22(25)29/h6-7,12-13,17-18H,4-5,8-10H2,1-3H3,(H,24,26)/t12-,13-,17-,18-/m0/s1. The average molecular weight is 475 g/mol. The van der Waals surface area contributed by atoms with Gasteiger partial charge in [-0.3, -0.25) is 24.1 Å². The van der Waals surface area contributed by atoms with E-state index in [9.17, 15) is 24.0 Å². The molecule has 33 heavy (non-hydrogen) atoms. The van der Waals surface area contributed by atoms with Crippen LogP contribution in [0.2, 0.25) is 0 Å². The SMILES string of the molecule is CCOC(=O)c1c(NC(=O)COC(=O)CN2C(=O)[C@@H]3[C@@H](C2=O)[C@H]2C=C[C@H]3C2)sc(C)c1CC. The number of carbonyl (C=O) groups excluding carboxylic acids is 5. The molecule has 10 heteroatoms. The smallest absolute Gasteiger partial charge is 0.341 e. The van der Waals surface area contributed by atoms with Gasteiger partial charge in [-0.15, -0.1) is 11.3 Å². The summed E-state index contributed by atoms with van der Waals surface area (Å²) in [7, 11) is 0. The molecule has 1 saturated carbocycles. The van der Waals surface area contributed by atoms with Gasteiger partial charge in [0, 0.05) is 4.88 Å². The lowest BCUT2D eigenvalue weighted by atomic mass is 9.85. The van der Waals surface area contributed by atoms with Crippen LogP contribution in [0.25, 0.3) is 0 Å². The fourth-order valence-electron chi connectivity index (χ4n) is 5.12. The van der Waals surface area contributed by atoms with Crippen molar-refractivity contribution in [3.8, 4) is 0 Å². The van der Waals surface area contributed by atoms with Crippen molar-refractivity contribution >= 4 is 46.0 Å². The van der Waals surface area contributed by atoms with Gasteiger partial charge in [0.05, 0.1) is 24.0 Å². The normalized spacial score (nSPS) is 24.9. The number of thiophene rings is 1. The van der Waals surface area contributed by atoms with E-state index in [-0.39, 0.29) is 42.1 Å². The van der Waals surface area contributed by atoms with E-state index >= 15 is 0 Å². The summed E-state index contributed by atoms with van der Waals surface area (Å²) in [6.07, 6.45) is 5.35. The van der Waals surface area contributed by atoms with Gasteiger partial charge in [0.25, 0.3) is 5.91 Å². The largest absolute Gasteiger partial charge is 0.462 e. The molecule has 2 aliphatic carbocycles. The minimum atomic E-state index is -0.839. The summed E-state index contributed by atoms with van der Waals surface area (Å²) >= 11 is 1.25. The first-order chi connectivity index (χ1) is 15.8. The molecule has 1 aromatic heterocycles. The van der Waals surface area contributed by atoms with Crippen molar-refractivity contribution in [2.75, 3.05) is 25.1 Å². The first-order valence-electron chi connectivity index (χ1n) is 11.0. The van der Waals surface area contributed by atoms with Gasteiger partial charge in [-0.2, -0.15) is 0 Å². The van der Waals surface area contributed by atoms with Gasteiger partial charge < -0.3 is 14.8 Å². The number of imide groups is 1. The lowest BCUT2D eigenvalue weighted by molar-refractivity contribution is -0.154. The molecule has 4 atom stereocenters.